The summed E-state index contributed by atoms with van der Waals surface area (Å²) in [5.41, 5.74) is 3.42. The van der Waals surface area contributed by atoms with Crippen LogP contribution in [0.25, 0.3) is 0 Å². The van der Waals surface area contributed by atoms with Gasteiger partial charge in [0.15, 0.2) is 0 Å². The highest BCUT2D eigenvalue weighted by atomic mass is 16.3. The van der Waals surface area contributed by atoms with E-state index in [0.29, 0.717) is 11.8 Å². The Morgan fingerprint density at radius 2 is 1.93 bits per heavy atom. The lowest BCUT2D eigenvalue weighted by molar-refractivity contribution is 0.0751. The Balaban J connectivity index is 1.38. The van der Waals surface area contributed by atoms with Crippen LogP contribution in [0.4, 0.5) is 0 Å². The lowest BCUT2D eigenvalue weighted by atomic mass is 9.80. The molecule has 0 bridgehead atoms. The van der Waals surface area contributed by atoms with Gasteiger partial charge in [-0.3, -0.25) is 4.98 Å². The first-order valence-electron chi connectivity index (χ1n) is 10.2. The fourth-order valence-corrected chi connectivity index (χ4v) is 5.00. The maximum atomic E-state index is 10.6. The molecule has 1 aromatic heterocycles. The summed E-state index contributed by atoms with van der Waals surface area (Å²) in [7, 11) is 0. The molecule has 1 fully saturated rings. The molecule has 2 heterocycles. The number of aromatic nitrogens is 1. The highest BCUT2D eigenvalue weighted by Crippen LogP contribution is 2.35. The van der Waals surface area contributed by atoms with E-state index < -0.39 is 6.10 Å². The van der Waals surface area contributed by atoms with Gasteiger partial charge in [0.25, 0.3) is 0 Å². The van der Waals surface area contributed by atoms with Gasteiger partial charge in [-0.25, -0.2) is 0 Å². The molecular weight excluding hydrogens is 336 g/mol. The van der Waals surface area contributed by atoms with Gasteiger partial charge in [0.05, 0.1) is 11.8 Å². The first-order chi connectivity index (χ1) is 13.2. The van der Waals surface area contributed by atoms with E-state index in [4.69, 9.17) is 0 Å². The standard InChI is InChI=1S/C23H30N2O2/c26-16-20-15-25(12-10-21(20)18-5-2-1-3-6-18)14-17-8-9-19-7-4-11-24-23(19)22(27)13-17/h1-7,11,17,20-22,26-27H,8-10,12-16H2/t17-,20-,21-,22+/m1/s1. The van der Waals surface area contributed by atoms with Crippen LogP contribution < -0.4 is 0 Å². The van der Waals surface area contributed by atoms with Crippen LogP contribution in [0.3, 0.4) is 0 Å². The Labute approximate surface area is 161 Å². The second-order valence-electron chi connectivity index (χ2n) is 8.21. The zero-order valence-corrected chi connectivity index (χ0v) is 15.9. The average Bonchev–Trinajstić information content (AvgIpc) is 2.87. The molecule has 1 aliphatic carbocycles. The molecule has 1 aliphatic heterocycles. The molecule has 0 amide bonds. The number of piperidine rings is 1. The molecule has 27 heavy (non-hydrogen) atoms. The van der Waals surface area contributed by atoms with Crippen molar-refractivity contribution in [2.75, 3.05) is 26.2 Å². The lowest BCUT2D eigenvalue weighted by Crippen LogP contribution is -2.43. The number of benzene rings is 1. The van der Waals surface area contributed by atoms with Gasteiger partial charge in [-0.05, 0) is 61.3 Å². The fraction of sp³-hybridized carbons (Fsp3) is 0.522. The van der Waals surface area contributed by atoms with Gasteiger partial charge in [0.2, 0.25) is 0 Å². The minimum atomic E-state index is -0.454. The number of hydrogen-bond donors (Lipinski definition) is 2. The van der Waals surface area contributed by atoms with Crippen LogP contribution in [-0.4, -0.2) is 46.3 Å². The van der Waals surface area contributed by atoms with Crippen LogP contribution in [0.2, 0.25) is 0 Å². The Bertz CT molecular complexity index is 736. The number of pyridine rings is 1. The summed E-state index contributed by atoms with van der Waals surface area (Å²) in [6.07, 6.45) is 5.29. The topological polar surface area (TPSA) is 56.6 Å². The van der Waals surface area contributed by atoms with Crippen molar-refractivity contribution in [2.45, 2.75) is 37.7 Å². The van der Waals surface area contributed by atoms with Crippen molar-refractivity contribution in [1.82, 2.24) is 9.88 Å². The molecule has 0 unspecified atom stereocenters. The van der Waals surface area contributed by atoms with Gasteiger partial charge in [-0.2, -0.15) is 0 Å². The van der Waals surface area contributed by atoms with Crippen molar-refractivity contribution in [1.29, 1.82) is 0 Å². The number of fused-ring (bicyclic) bond motifs is 1. The van der Waals surface area contributed by atoms with Gasteiger partial charge in [-0.15, -0.1) is 0 Å². The number of aliphatic hydroxyl groups is 2. The van der Waals surface area contributed by atoms with E-state index in [1.54, 1.807) is 6.20 Å². The summed E-state index contributed by atoms with van der Waals surface area (Å²) >= 11 is 0. The van der Waals surface area contributed by atoms with Gasteiger partial charge in [0.1, 0.15) is 0 Å². The second kappa shape index (κ2) is 8.51. The van der Waals surface area contributed by atoms with E-state index >= 15 is 0 Å². The van der Waals surface area contributed by atoms with Gasteiger partial charge >= 0.3 is 0 Å². The van der Waals surface area contributed by atoms with Crippen molar-refractivity contribution in [3.63, 3.8) is 0 Å². The number of hydrogen-bond acceptors (Lipinski definition) is 4. The van der Waals surface area contributed by atoms with Gasteiger partial charge < -0.3 is 15.1 Å². The average molecular weight is 367 g/mol. The maximum absolute atomic E-state index is 10.6. The minimum Gasteiger partial charge on any atom is -0.396 e. The van der Waals surface area contributed by atoms with Crippen molar-refractivity contribution < 1.29 is 10.2 Å². The zero-order chi connectivity index (χ0) is 18.6. The molecule has 0 spiro atoms. The van der Waals surface area contributed by atoms with Crippen molar-refractivity contribution in [2.24, 2.45) is 11.8 Å². The summed E-state index contributed by atoms with van der Waals surface area (Å²) < 4.78 is 0. The highest BCUT2D eigenvalue weighted by molar-refractivity contribution is 5.24. The molecular formula is C23H30N2O2. The van der Waals surface area contributed by atoms with Crippen LogP contribution >= 0.6 is 0 Å². The van der Waals surface area contributed by atoms with E-state index in [2.05, 4.69) is 46.3 Å². The van der Waals surface area contributed by atoms with E-state index in [-0.39, 0.29) is 12.5 Å². The first-order valence-corrected chi connectivity index (χ1v) is 10.2. The Morgan fingerprint density at radius 3 is 2.74 bits per heavy atom. The molecule has 1 aromatic carbocycles. The smallest absolute Gasteiger partial charge is 0.0965 e. The zero-order valence-electron chi connectivity index (χ0n) is 15.9. The van der Waals surface area contributed by atoms with Gasteiger partial charge in [-0.1, -0.05) is 36.4 Å². The van der Waals surface area contributed by atoms with Crippen molar-refractivity contribution >= 4 is 0 Å². The normalized spacial score (nSPS) is 29.1. The fourth-order valence-electron chi connectivity index (χ4n) is 5.00. The predicted molar refractivity (Wildman–Crippen MR) is 106 cm³/mol. The largest absolute Gasteiger partial charge is 0.396 e. The quantitative estimate of drug-likeness (QED) is 0.816. The summed E-state index contributed by atoms with van der Waals surface area (Å²) in [5, 5.41) is 20.6. The third kappa shape index (κ3) is 4.23. The van der Waals surface area contributed by atoms with Crippen LogP contribution in [0.1, 0.15) is 48.1 Å². The molecule has 2 aromatic rings. The molecule has 4 rings (SSSR count). The Kier molecular flexibility index (Phi) is 5.86. The molecule has 1 saturated heterocycles. The van der Waals surface area contributed by atoms with Crippen LogP contribution in [-0.2, 0) is 6.42 Å². The summed E-state index contributed by atoms with van der Waals surface area (Å²) in [6.45, 7) is 3.24. The second-order valence-corrected chi connectivity index (χ2v) is 8.21. The lowest BCUT2D eigenvalue weighted by Gasteiger charge is -2.39. The number of likely N-dealkylation sites (tertiary alicyclic amines) is 1. The van der Waals surface area contributed by atoms with Crippen molar-refractivity contribution in [3.8, 4) is 0 Å². The Morgan fingerprint density at radius 1 is 1.07 bits per heavy atom. The maximum Gasteiger partial charge on any atom is 0.0965 e. The molecule has 2 N–H and O–H groups in total. The molecule has 4 heteroatoms. The van der Waals surface area contributed by atoms with E-state index in [9.17, 15) is 10.2 Å². The van der Waals surface area contributed by atoms with Crippen LogP contribution in [0, 0.1) is 11.8 Å². The predicted octanol–water partition coefficient (Wildman–Crippen LogP) is 3.17. The van der Waals surface area contributed by atoms with E-state index in [1.165, 1.54) is 11.1 Å². The van der Waals surface area contributed by atoms with Crippen LogP contribution in [0.15, 0.2) is 48.7 Å². The molecule has 2 aliphatic rings. The molecule has 0 radical (unpaired) electrons. The SMILES string of the molecule is OC[C@H]1CN(C[C@@H]2CCc3cccnc3[C@@H](O)C2)CC[C@@H]1c1ccccc1. The molecule has 144 valence electrons. The van der Waals surface area contributed by atoms with Gasteiger partial charge in [0, 0.05) is 31.8 Å². The third-order valence-electron chi connectivity index (χ3n) is 6.42. The van der Waals surface area contributed by atoms with Crippen LogP contribution in [0.5, 0.6) is 0 Å². The number of aliphatic hydroxyl groups excluding tert-OH is 2. The summed E-state index contributed by atoms with van der Waals surface area (Å²) in [6, 6.07) is 14.7. The monoisotopic (exact) mass is 366 g/mol. The summed E-state index contributed by atoms with van der Waals surface area (Å²) in [5.74, 6) is 1.21. The highest BCUT2D eigenvalue weighted by Gasteiger charge is 2.32. The van der Waals surface area contributed by atoms with E-state index in [0.717, 1.165) is 51.0 Å². The third-order valence-corrected chi connectivity index (χ3v) is 6.42. The number of nitrogens with zero attached hydrogens (tertiary/aromatic N) is 2. The molecule has 0 saturated carbocycles. The summed E-state index contributed by atoms with van der Waals surface area (Å²) in [4.78, 5) is 6.91. The first kappa shape index (κ1) is 18.6. The molecule has 4 nitrogen and oxygen atoms in total. The van der Waals surface area contributed by atoms with Crippen molar-refractivity contribution in [3.05, 3.63) is 65.5 Å². The molecule has 4 atom stereocenters. The number of rotatable bonds is 4. The van der Waals surface area contributed by atoms with E-state index in [1.807, 2.05) is 6.07 Å². The minimum absolute atomic E-state index is 0.235. The number of aryl methyl sites for hydroxylation is 1. The Hall–Kier alpha value is -1.75.